The Bertz CT molecular complexity index is 569. The molecular weight excluding hydrogens is 262 g/mol. The van der Waals surface area contributed by atoms with Crippen LogP contribution < -0.4 is 5.32 Å². The second kappa shape index (κ2) is 5.79. The van der Waals surface area contributed by atoms with E-state index in [1.165, 1.54) is 17.8 Å². The summed E-state index contributed by atoms with van der Waals surface area (Å²) >= 11 is 1.66. The van der Waals surface area contributed by atoms with Crippen molar-refractivity contribution in [1.82, 2.24) is 4.98 Å². The Hall–Kier alpha value is -1.95. The summed E-state index contributed by atoms with van der Waals surface area (Å²) in [7, 11) is 0. The number of hydrogen-bond acceptors (Lipinski definition) is 5. The number of rotatable bonds is 5. The fourth-order valence-electron chi connectivity index (χ4n) is 1.85. The minimum Gasteiger partial charge on any atom is -0.367 e. The topological polar surface area (TPSA) is 68.1 Å². The molecule has 0 saturated heterocycles. The zero-order valence-corrected chi connectivity index (χ0v) is 11.6. The first-order chi connectivity index (χ1) is 9.06. The lowest BCUT2D eigenvalue weighted by Crippen LogP contribution is -2.18. The molecule has 100 valence electrons. The zero-order valence-electron chi connectivity index (χ0n) is 10.8. The van der Waals surface area contributed by atoms with Crippen molar-refractivity contribution in [1.29, 1.82) is 0 Å². The van der Waals surface area contributed by atoms with Gasteiger partial charge in [-0.2, -0.15) is 11.3 Å². The summed E-state index contributed by atoms with van der Waals surface area (Å²) in [5, 5.41) is 18.2. The third-order valence-corrected chi connectivity index (χ3v) is 3.52. The lowest BCUT2D eigenvalue weighted by Gasteiger charge is -2.13. The van der Waals surface area contributed by atoms with Crippen LogP contribution in [0.5, 0.6) is 0 Å². The largest absolute Gasteiger partial charge is 0.367 e. The molecule has 0 aliphatic carbocycles. The maximum atomic E-state index is 10.9. The molecule has 0 amide bonds. The summed E-state index contributed by atoms with van der Waals surface area (Å²) in [4.78, 5) is 14.7. The van der Waals surface area contributed by atoms with E-state index in [2.05, 4.69) is 21.7 Å². The van der Waals surface area contributed by atoms with Crippen molar-refractivity contribution in [3.8, 4) is 0 Å². The molecule has 0 fully saturated rings. The van der Waals surface area contributed by atoms with Crippen LogP contribution in [0.2, 0.25) is 0 Å². The number of nitrogens with one attached hydrogen (secondary N) is 1. The molecule has 0 saturated carbocycles. The van der Waals surface area contributed by atoms with Gasteiger partial charge in [0.25, 0.3) is 5.69 Å². The number of hydrogen-bond donors (Lipinski definition) is 1. The third kappa shape index (κ3) is 3.51. The molecule has 2 heterocycles. The summed E-state index contributed by atoms with van der Waals surface area (Å²) in [6.07, 6.45) is 2.39. The molecule has 2 aromatic rings. The van der Waals surface area contributed by atoms with Gasteiger partial charge in [0.2, 0.25) is 0 Å². The first-order valence-corrected chi connectivity index (χ1v) is 6.89. The Balaban J connectivity index is 2.06. The van der Waals surface area contributed by atoms with Gasteiger partial charge in [-0.25, -0.2) is 4.98 Å². The standard InChI is InChI=1S/C13H15N3O2S/c1-9-7-14-13(6-12(9)16(17)18)15-10(2)5-11-3-4-19-8-11/h3-4,6-8,10H,5H2,1-2H3,(H,14,15). The Morgan fingerprint density at radius 1 is 1.58 bits per heavy atom. The first-order valence-electron chi connectivity index (χ1n) is 5.95. The van der Waals surface area contributed by atoms with Gasteiger partial charge in [-0.1, -0.05) is 0 Å². The Morgan fingerprint density at radius 2 is 2.37 bits per heavy atom. The average Bonchev–Trinajstić information content (AvgIpc) is 2.84. The molecule has 0 spiro atoms. The van der Waals surface area contributed by atoms with Gasteiger partial charge in [-0.3, -0.25) is 10.1 Å². The van der Waals surface area contributed by atoms with Crippen molar-refractivity contribution in [2.24, 2.45) is 0 Å². The minimum atomic E-state index is -0.383. The molecule has 0 aliphatic rings. The average molecular weight is 277 g/mol. The van der Waals surface area contributed by atoms with E-state index in [-0.39, 0.29) is 16.7 Å². The molecule has 2 aromatic heterocycles. The highest BCUT2D eigenvalue weighted by Gasteiger charge is 2.13. The summed E-state index contributed by atoms with van der Waals surface area (Å²) in [5.74, 6) is 0.542. The lowest BCUT2D eigenvalue weighted by atomic mass is 10.1. The molecular formula is C13H15N3O2S. The second-order valence-electron chi connectivity index (χ2n) is 4.49. The van der Waals surface area contributed by atoms with Crippen LogP contribution in [-0.2, 0) is 6.42 Å². The Labute approximate surface area is 115 Å². The van der Waals surface area contributed by atoms with Gasteiger partial charge in [-0.15, -0.1) is 0 Å². The van der Waals surface area contributed by atoms with Crippen molar-refractivity contribution < 1.29 is 4.92 Å². The fourth-order valence-corrected chi connectivity index (χ4v) is 2.54. The molecule has 5 nitrogen and oxygen atoms in total. The number of thiophene rings is 1. The van der Waals surface area contributed by atoms with E-state index in [1.54, 1.807) is 18.3 Å². The van der Waals surface area contributed by atoms with Gasteiger partial charge in [0.15, 0.2) is 0 Å². The van der Waals surface area contributed by atoms with Crippen LogP contribution in [0.15, 0.2) is 29.1 Å². The van der Waals surface area contributed by atoms with Gasteiger partial charge in [-0.05, 0) is 42.7 Å². The molecule has 19 heavy (non-hydrogen) atoms. The highest BCUT2D eigenvalue weighted by molar-refractivity contribution is 7.07. The zero-order chi connectivity index (χ0) is 13.8. The smallest absolute Gasteiger partial charge is 0.277 e. The lowest BCUT2D eigenvalue weighted by molar-refractivity contribution is -0.385. The van der Waals surface area contributed by atoms with Crippen LogP contribution in [-0.4, -0.2) is 15.9 Å². The fraction of sp³-hybridized carbons (Fsp3) is 0.308. The van der Waals surface area contributed by atoms with Crippen LogP contribution >= 0.6 is 11.3 Å². The van der Waals surface area contributed by atoms with Gasteiger partial charge < -0.3 is 5.32 Å². The van der Waals surface area contributed by atoms with E-state index in [9.17, 15) is 10.1 Å². The van der Waals surface area contributed by atoms with Crippen LogP contribution in [0.4, 0.5) is 11.5 Å². The van der Waals surface area contributed by atoms with Crippen molar-refractivity contribution in [2.75, 3.05) is 5.32 Å². The maximum Gasteiger partial charge on any atom is 0.277 e. The number of aromatic nitrogens is 1. The summed E-state index contributed by atoms with van der Waals surface area (Å²) in [6, 6.07) is 3.73. The van der Waals surface area contributed by atoms with Crippen LogP contribution in [0.1, 0.15) is 18.1 Å². The maximum absolute atomic E-state index is 10.9. The molecule has 1 atom stereocenters. The van der Waals surface area contributed by atoms with Crippen LogP contribution in [0.25, 0.3) is 0 Å². The summed E-state index contributed by atoms with van der Waals surface area (Å²) in [5.41, 5.74) is 1.92. The summed E-state index contributed by atoms with van der Waals surface area (Å²) < 4.78 is 0. The van der Waals surface area contributed by atoms with Gasteiger partial charge in [0.1, 0.15) is 5.82 Å². The predicted molar refractivity (Wildman–Crippen MR) is 76.7 cm³/mol. The monoisotopic (exact) mass is 277 g/mol. The summed E-state index contributed by atoms with van der Waals surface area (Å²) in [6.45, 7) is 3.72. The van der Waals surface area contributed by atoms with E-state index < -0.39 is 0 Å². The predicted octanol–water partition coefficient (Wildman–Crippen LogP) is 3.40. The van der Waals surface area contributed by atoms with Crippen LogP contribution in [0, 0.1) is 17.0 Å². The Morgan fingerprint density at radius 3 is 3.00 bits per heavy atom. The number of aryl methyl sites for hydroxylation is 1. The molecule has 0 aromatic carbocycles. The molecule has 2 rings (SSSR count). The Kier molecular flexibility index (Phi) is 4.11. The van der Waals surface area contributed by atoms with Gasteiger partial charge in [0, 0.05) is 17.8 Å². The molecule has 0 radical (unpaired) electrons. The first kappa shape index (κ1) is 13.5. The van der Waals surface area contributed by atoms with Crippen molar-refractivity contribution in [2.45, 2.75) is 26.3 Å². The minimum absolute atomic E-state index is 0.0974. The van der Waals surface area contributed by atoms with E-state index in [0.717, 1.165) is 6.42 Å². The number of nitro groups is 1. The number of anilines is 1. The van der Waals surface area contributed by atoms with Crippen LogP contribution in [0.3, 0.4) is 0 Å². The molecule has 0 aliphatic heterocycles. The molecule has 1 N–H and O–H groups in total. The van der Waals surface area contributed by atoms with E-state index in [1.807, 2.05) is 12.3 Å². The highest BCUT2D eigenvalue weighted by atomic mass is 32.1. The van der Waals surface area contributed by atoms with Crippen molar-refractivity contribution >= 4 is 22.8 Å². The van der Waals surface area contributed by atoms with Gasteiger partial charge >= 0.3 is 0 Å². The quantitative estimate of drug-likeness (QED) is 0.671. The SMILES string of the molecule is Cc1cnc(NC(C)Cc2ccsc2)cc1[N+](=O)[O-]. The number of nitrogens with zero attached hydrogens (tertiary/aromatic N) is 2. The molecule has 6 heteroatoms. The highest BCUT2D eigenvalue weighted by Crippen LogP contribution is 2.20. The van der Waals surface area contributed by atoms with E-state index in [0.29, 0.717) is 11.4 Å². The van der Waals surface area contributed by atoms with Gasteiger partial charge in [0.05, 0.1) is 11.0 Å². The molecule has 0 bridgehead atoms. The normalized spacial score (nSPS) is 12.1. The molecule has 1 unspecified atom stereocenters. The van der Waals surface area contributed by atoms with Crippen molar-refractivity contribution in [3.63, 3.8) is 0 Å². The number of pyridine rings is 1. The van der Waals surface area contributed by atoms with Crippen molar-refractivity contribution in [3.05, 3.63) is 50.3 Å². The third-order valence-electron chi connectivity index (χ3n) is 2.79. The van der Waals surface area contributed by atoms with E-state index in [4.69, 9.17) is 0 Å². The van der Waals surface area contributed by atoms with E-state index >= 15 is 0 Å². The second-order valence-corrected chi connectivity index (χ2v) is 5.27.